The summed E-state index contributed by atoms with van der Waals surface area (Å²) in [6.07, 6.45) is 5.00. The van der Waals surface area contributed by atoms with Crippen LogP contribution in [0.4, 0.5) is 0 Å². The summed E-state index contributed by atoms with van der Waals surface area (Å²) in [5.41, 5.74) is 0. The smallest absolute Gasteiger partial charge is 0.256 e. The average Bonchev–Trinajstić information content (AvgIpc) is 2.83. The number of hydrogen-bond donors (Lipinski definition) is 0. The number of halogens is 3. The molecule has 2 amide bonds. The van der Waals surface area contributed by atoms with Crippen molar-refractivity contribution in [3.8, 4) is 0 Å². The van der Waals surface area contributed by atoms with E-state index >= 15 is 0 Å². The molecule has 0 saturated carbocycles. The number of hydrogen-bond acceptors (Lipinski definition) is 7. The van der Waals surface area contributed by atoms with Gasteiger partial charge in [-0.05, 0) is 34.4 Å². The van der Waals surface area contributed by atoms with Crippen LogP contribution >= 0.6 is 92.8 Å². The quantitative estimate of drug-likeness (QED) is 0.114. The zero-order chi connectivity index (χ0) is 21.6. The first-order valence-corrected chi connectivity index (χ1v) is 12.8. The van der Waals surface area contributed by atoms with E-state index in [9.17, 15) is 9.59 Å². The monoisotopic (exact) mass is 539 g/mol. The molecule has 1 saturated heterocycles. The maximum atomic E-state index is 11.9. The third-order valence-corrected chi connectivity index (χ3v) is 9.11. The Morgan fingerprint density at radius 3 is 1.61 bits per heavy atom. The van der Waals surface area contributed by atoms with E-state index < -0.39 is 3.12 Å². The molecule has 13 heteroatoms. The van der Waals surface area contributed by atoms with E-state index in [1.807, 2.05) is 50.1 Å². The molecule has 2 atom stereocenters. The normalized spacial score (nSPS) is 21.0. The molecule has 2 aliphatic rings. The van der Waals surface area contributed by atoms with Crippen LogP contribution in [0.5, 0.6) is 0 Å². The molecular weight excluding hydrogens is 521 g/mol. The first-order valence-electron chi connectivity index (χ1n) is 7.91. The first kappa shape index (κ1) is 26.6. The largest absolute Gasteiger partial charge is 0.363 e. The number of allylic oxidation sites excluding steroid dienone is 2. The standard InChI is InChI=1S/C9H8Cl3NO2S.C6H12N2S4/c10-9(11,12)16-13-7(14)5-3-1-2-4-6(5)8(13)15;1-7(2)5(9)11-12-6(10)8(3)4/h1-2,5-6H,3-4H2;1-4H3. The Morgan fingerprint density at radius 2 is 1.32 bits per heavy atom. The molecule has 158 valence electrons. The van der Waals surface area contributed by atoms with Crippen molar-refractivity contribution in [2.45, 2.75) is 16.0 Å². The number of carbonyl (C=O) groups is 2. The van der Waals surface area contributed by atoms with Crippen molar-refractivity contribution < 1.29 is 9.59 Å². The van der Waals surface area contributed by atoms with Crippen molar-refractivity contribution >= 4 is 113 Å². The summed E-state index contributed by atoms with van der Waals surface area (Å²) >= 11 is 27.5. The van der Waals surface area contributed by atoms with Gasteiger partial charge in [0.05, 0.1) is 11.8 Å². The summed E-state index contributed by atoms with van der Waals surface area (Å²) < 4.78 is 0.982. The zero-order valence-corrected chi connectivity index (χ0v) is 21.9. The highest BCUT2D eigenvalue weighted by molar-refractivity contribution is 8.89. The second-order valence-corrected chi connectivity index (χ2v) is 13.7. The predicted octanol–water partition coefficient (Wildman–Crippen LogP) is 4.97. The van der Waals surface area contributed by atoms with E-state index in [4.69, 9.17) is 59.2 Å². The summed E-state index contributed by atoms with van der Waals surface area (Å²) in [7, 11) is 10.7. The van der Waals surface area contributed by atoms with Crippen molar-refractivity contribution in [1.82, 2.24) is 14.1 Å². The minimum Gasteiger partial charge on any atom is -0.363 e. The van der Waals surface area contributed by atoms with Crippen LogP contribution in [0.15, 0.2) is 12.2 Å². The summed E-state index contributed by atoms with van der Waals surface area (Å²) in [6, 6.07) is 0. The fourth-order valence-electron chi connectivity index (χ4n) is 2.18. The van der Waals surface area contributed by atoms with Gasteiger partial charge in [0, 0.05) is 40.1 Å². The molecule has 28 heavy (non-hydrogen) atoms. The van der Waals surface area contributed by atoms with Crippen molar-refractivity contribution in [3.63, 3.8) is 0 Å². The molecule has 1 aliphatic carbocycles. The zero-order valence-electron chi connectivity index (χ0n) is 15.6. The van der Waals surface area contributed by atoms with E-state index in [1.165, 1.54) is 21.6 Å². The maximum absolute atomic E-state index is 11.9. The van der Waals surface area contributed by atoms with Gasteiger partial charge in [0.1, 0.15) is 8.64 Å². The lowest BCUT2D eigenvalue weighted by Gasteiger charge is -2.17. The molecule has 0 aromatic heterocycles. The number of rotatable bonds is 1. The Hall–Kier alpha value is 0.580. The van der Waals surface area contributed by atoms with Crippen LogP contribution in [0.3, 0.4) is 0 Å². The number of carbonyl (C=O) groups excluding carboxylic acids is 2. The minimum absolute atomic E-state index is 0.254. The Morgan fingerprint density at radius 1 is 0.964 bits per heavy atom. The van der Waals surface area contributed by atoms with Gasteiger partial charge in [0.2, 0.25) is 11.8 Å². The predicted molar refractivity (Wildman–Crippen MR) is 133 cm³/mol. The molecule has 0 bridgehead atoms. The second-order valence-electron chi connectivity index (χ2n) is 6.15. The number of fused-ring (bicyclic) bond motifs is 1. The number of imide groups is 1. The molecule has 0 N–H and O–H groups in total. The van der Waals surface area contributed by atoms with Crippen LogP contribution in [-0.4, -0.2) is 65.9 Å². The van der Waals surface area contributed by atoms with Crippen LogP contribution in [0, 0.1) is 11.8 Å². The fourth-order valence-corrected chi connectivity index (χ4v) is 5.84. The van der Waals surface area contributed by atoms with E-state index in [1.54, 1.807) is 0 Å². The highest BCUT2D eigenvalue weighted by Crippen LogP contribution is 2.46. The van der Waals surface area contributed by atoms with Crippen molar-refractivity contribution in [3.05, 3.63) is 12.2 Å². The average molecular weight is 541 g/mol. The third kappa shape index (κ3) is 8.37. The van der Waals surface area contributed by atoms with Crippen LogP contribution in [0.2, 0.25) is 0 Å². The summed E-state index contributed by atoms with van der Waals surface area (Å²) in [6.45, 7) is 0. The van der Waals surface area contributed by atoms with Crippen molar-refractivity contribution in [2.75, 3.05) is 28.2 Å². The molecule has 1 heterocycles. The van der Waals surface area contributed by atoms with E-state index in [0.717, 1.165) is 12.9 Å². The van der Waals surface area contributed by atoms with E-state index in [2.05, 4.69) is 0 Å². The van der Waals surface area contributed by atoms with Gasteiger partial charge in [-0.2, -0.15) is 0 Å². The van der Waals surface area contributed by atoms with Crippen LogP contribution in [0.1, 0.15) is 12.8 Å². The minimum atomic E-state index is -1.69. The van der Waals surface area contributed by atoms with Gasteiger partial charge < -0.3 is 9.80 Å². The van der Waals surface area contributed by atoms with Gasteiger partial charge in [-0.15, -0.1) is 0 Å². The number of nitrogens with zero attached hydrogens (tertiary/aromatic N) is 3. The van der Waals surface area contributed by atoms with E-state index in [0.29, 0.717) is 24.8 Å². The van der Waals surface area contributed by atoms with E-state index in [-0.39, 0.29) is 23.7 Å². The Labute approximate surface area is 203 Å². The first-order chi connectivity index (χ1) is 12.8. The number of thiocarbonyl (C=S) groups is 2. The van der Waals surface area contributed by atoms with Crippen LogP contribution in [-0.2, 0) is 9.59 Å². The lowest BCUT2D eigenvalue weighted by atomic mass is 9.85. The van der Waals surface area contributed by atoms with Crippen molar-refractivity contribution in [2.24, 2.45) is 11.8 Å². The Balaban J connectivity index is 0.000000295. The molecule has 2 unspecified atom stereocenters. The van der Waals surface area contributed by atoms with Gasteiger partial charge in [-0.1, -0.05) is 71.4 Å². The molecule has 0 aromatic carbocycles. The number of amides is 2. The second kappa shape index (κ2) is 11.8. The highest BCUT2D eigenvalue weighted by Gasteiger charge is 2.49. The van der Waals surface area contributed by atoms with Gasteiger partial charge in [-0.3, -0.25) is 9.59 Å². The lowest BCUT2D eigenvalue weighted by molar-refractivity contribution is -0.133. The third-order valence-electron chi connectivity index (χ3n) is 3.58. The highest BCUT2D eigenvalue weighted by atomic mass is 35.6. The van der Waals surface area contributed by atoms with Crippen molar-refractivity contribution in [1.29, 1.82) is 0 Å². The summed E-state index contributed by atoms with van der Waals surface area (Å²) in [4.78, 5) is 27.6. The summed E-state index contributed by atoms with van der Waals surface area (Å²) in [5, 5.41) is 0. The molecule has 2 rings (SSSR count). The molecule has 5 nitrogen and oxygen atoms in total. The molecular formula is C15H20Cl3N3O2S5. The molecule has 1 aliphatic heterocycles. The molecule has 0 spiro atoms. The SMILES string of the molecule is CN(C)C(=S)SSC(=S)N(C)C.O=C1C2CC=CCC2C(=O)N1SC(Cl)(Cl)Cl. The lowest BCUT2D eigenvalue weighted by Crippen LogP contribution is -2.26. The van der Waals surface area contributed by atoms with Gasteiger partial charge in [-0.25, -0.2) is 4.31 Å². The Kier molecular flexibility index (Phi) is 11.2. The summed E-state index contributed by atoms with van der Waals surface area (Å²) in [5.74, 6) is -1.07. The topological polar surface area (TPSA) is 43.9 Å². The van der Waals surface area contributed by atoms with Gasteiger partial charge in [0.25, 0.3) is 3.12 Å². The van der Waals surface area contributed by atoms with Gasteiger partial charge >= 0.3 is 0 Å². The van der Waals surface area contributed by atoms with Crippen LogP contribution < -0.4 is 0 Å². The van der Waals surface area contributed by atoms with Crippen LogP contribution in [0.25, 0.3) is 0 Å². The fraction of sp³-hybridized carbons (Fsp3) is 0.600. The molecule has 0 radical (unpaired) electrons. The maximum Gasteiger partial charge on any atom is 0.256 e. The number of alkyl halides is 3. The molecule has 0 aromatic rings. The Bertz CT molecular complexity index is 609. The van der Waals surface area contributed by atoms with Gasteiger partial charge in [0.15, 0.2) is 0 Å². The molecule has 1 fully saturated rings.